The average Bonchev–Trinajstić information content (AvgIpc) is 3.12. The zero-order valence-corrected chi connectivity index (χ0v) is 27.9. The summed E-state index contributed by atoms with van der Waals surface area (Å²) in [4.78, 5) is 4.97. The van der Waals surface area contributed by atoms with Gasteiger partial charge in [-0.05, 0) is 81.2 Å². The Kier molecular flexibility index (Phi) is 6.23. The lowest BCUT2D eigenvalue weighted by Crippen LogP contribution is -2.38. The van der Waals surface area contributed by atoms with Gasteiger partial charge in [0, 0.05) is 27.6 Å². The van der Waals surface area contributed by atoms with E-state index in [0.717, 1.165) is 11.4 Å². The highest BCUT2D eigenvalue weighted by molar-refractivity contribution is 6.00. The standard InChI is InChI=1S/C46H38N2/c1-45(2)37-19-10-11-22-42(37)48-43-29-28-35(30-40(43)46(3,4)39-21-13-20-38(45)44(39)48)47(41-23-12-17-33-16-8-9-18-36(33)41)34-26-24-32(25-27-34)31-14-6-5-7-15-31/h5-30H,1-4H3. The van der Waals surface area contributed by atoms with Gasteiger partial charge in [0.25, 0.3) is 0 Å². The number of anilines is 6. The molecule has 0 saturated heterocycles. The fourth-order valence-corrected chi connectivity index (χ4v) is 8.27. The van der Waals surface area contributed by atoms with Crippen molar-refractivity contribution < 1.29 is 0 Å². The highest BCUT2D eigenvalue weighted by Crippen LogP contribution is 2.60. The quantitative estimate of drug-likeness (QED) is 0.194. The van der Waals surface area contributed by atoms with E-state index >= 15 is 0 Å². The fraction of sp³-hybridized carbons (Fsp3) is 0.130. The molecular formula is C46H38N2. The molecule has 0 N–H and O–H groups in total. The monoisotopic (exact) mass is 618 g/mol. The van der Waals surface area contributed by atoms with Gasteiger partial charge < -0.3 is 9.80 Å². The fourth-order valence-electron chi connectivity index (χ4n) is 8.27. The van der Waals surface area contributed by atoms with Crippen LogP contribution in [-0.2, 0) is 10.8 Å². The first-order valence-corrected chi connectivity index (χ1v) is 17.0. The molecule has 2 aliphatic rings. The molecule has 48 heavy (non-hydrogen) atoms. The van der Waals surface area contributed by atoms with Crippen molar-refractivity contribution in [3.63, 3.8) is 0 Å². The topological polar surface area (TPSA) is 6.48 Å². The molecule has 0 fully saturated rings. The van der Waals surface area contributed by atoms with Crippen LogP contribution in [0.2, 0.25) is 0 Å². The van der Waals surface area contributed by atoms with Crippen molar-refractivity contribution in [2.24, 2.45) is 0 Å². The van der Waals surface area contributed by atoms with Crippen LogP contribution in [0.25, 0.3) is 21.9 Å². The van der Waals surface area contributed by atoms with Gasteiger partial charge in [-0.25, -0.2) is 0 Å². The van der Waals surface area contributed by atoms with E-state index in [1.807, 2.05) is 0 Å². The summed E-state index contributed by atoms with van der Waals surface area (Å²) in [5, 5.41) is 2.46. The molecule has 2 heterocycles. The second-order valence-electron chi connectivity index (χ2n) is 14.3. The lowest BCUT2D eigenvalue weighted by molar-refractivity contribution is 0.597. The number of nitrogens with zero attached hydrogens (tertiary/aromatic N) is 2. The molecule has 0 aromatic heterocycles. The summed E-state index contributed by atoms with van der Waals surface area (Å²) in [5.41, 5.74) is 14.9. The number of hydrogen-bond donors (Lipinski definition) is 0. The van der Waals surface area contributed by atoms with Crippen molar-refractivity contribution in [3.8, 4) is 11.1 Å². The Hall–Kier alpha value is -5.60. The molecule has 0 radical (unpaired) electrons. The van der Waals surface area contributed by atoms with Gasteiger partial charge in [0.2, 0.25) is 0 Å². The summed E-state index contributed by atoms with van der Waals surface area (Å²) in [6, 6.07) is 58.0. The number of hydrogen-bond acceptors (Lipinski definition) is 2. The Morgan fingerprint density at radius 2 is 1.00 bits per heavy atom. The molecule has 7 aromatic carbocycles. The number of rotatable bonds is 4. The minimum absolute atomic E-state index is 0.0942. The van der Waals surface area contributed by atoms with Gasteiger partial charge >= 0.3 is 0 Å². The SMILES string of the molecule is CC1(C)c2ccccc2N2c3ccc(N(c4ccc(-c5ccccc5)cc4)c4cccc5ccccc45)cc3C(C)(C)c3cccc1c32. The summed E-state index contributed by atoms with van der Waals surface area (Å²) in [5.74, 6) is 0. The van der Waals surface area contributed by atoms with Crippen molar-refractivity contribution in [3.05, 3.63) is 180 Å². The maximum atomic E-state index is 2.53. The second kappa shape index (κ2) is 10.5. The summed E-state index contributed by atoms with van der Waals surface area (Å²) < 4.78 is 0. The summed E-state index contributed by atoms with van der Waals surface area (Å²) in [6.07, 6.45) is 0. The Labute approximate surface area is 283 Å². The Morgan fingerprint density at radius 1 is 0.438 bits per heavy atom. The Bertz CT molecular complexity index is 2340. The molecule has 0 unspecified atom stereocenters. The summed E-state index contributed by atoms with van der Waals surface area (Å²) >= 11 is 0. The smallest absolute Gasteiger partial charge is 0.0543 e. The van der Waals surface area contributed by atoms with E-state index in [2.05, 4.69) is 195 Å². The van der Waals surface area contributed by atoms with Crippen molar-refractivity contribution in [1.29, 1.82) is 0 Å². The molecule has 0 spiro atoms. The normalized spacial score (nSPS) is 15.0. The van der Waals surface area contributed by atoms with Crippen molar-refractivity contribution in [2.75, 3.05) is 9.80 Å². The van der Waals surface area contributed by atoms with Crippen LogP contribution in [0.5, 0.6) is 0 Å². The molecule has 0 amide bonds. The minimum Gasteiger partial charge on any atom is -0.310 e. The third-order valence-electron chi connectivity index (χ3n) is 10.8. The van der Waals surface area contributed by atoms with Crippen LogP contribution in [0.1, 0.15) is 49.9 Å². The third-order valence-corrected chi connectivity index (χ3v) is 10.8. The molecule has 7 aromatic rings. The maximum absolute atomic E-state index is 2.53. The van der Waals surface area contributed by atoms with Crippen LogP contribution in [0.4, 0.5) is 34.1 Å². The van der Waals surface area contributed by atoms with Gasteiger partial charge in [-0.3, -0.25) is 0 Å². The third kappa shape index (κ3) is 4.12. The van der Waals surface area contributed by atoms with Crippen LogP contribution in [0.3, 0.4) is 0 Å². The van der Waals surface area contributed by atoms with Crippen molar-refractivity contribution >= 4 is 44.9 Å². The molecule has 9 rings (SSSR count). The van der Waals surface area contributed by atoms with Crippen LogP contribution in [-0.4, -0.2) is 0 Å². The van der Waals surface area contributed by atoms with Crippen LogP contribution in [0, 0.1) is 0 Å². The first-order valence-electron chi connectivity index (χ1n) is 17.0. The molecule has 0 atom stereocenters. The first kappa shape index (κ1) is 28.6. The molecule has 2 heteroatoms. The molecule has 0 aliphatic carbocycles. The molecule has 232 valence electrons. The van der Waals surface area contributed by atoms with Crippen LogP contribution in [0.15, 0.2) is 158 Å². The van der Waals surface area contributed by atoms with E-state index in [1.165, 1.54) is 66.9 Å². The van der Waals surface area contributed by atoms with E-state index in [-0.39, 0.29) is 10.8 Å². The largest absolute Gasteiger partial charge is 0.310 e. The van der Waals surface area contributed by atoms with Gasteiger partial charge in [-0.2, -0.15) is 0 Å². The van der Waals surface area contributed by atoms with E-state index in [0.29, 0.717) is 0 Å². The van der Waals surface area contributed by atoms with Crippen molar-refractivity contribution in [1.82, 2.24) is 0 Å². The van der Waals surface area contributed by atoms with Crippen LogP contribution < -0.4 is 9.80 Å². The Balaban J connectivity index is 1.27. The Morgan fingerprint density at radius 3 is 1.79 bits per heavy atom. The average molecular weight is 619 g/mol. The molecule has 0 bridgehead atoms. The lowest BCUT2D eigenvalue weighted by atomic mass is 9.66. The van der Waals surface area contributed by atoms with E-state index < -0.39 is 0 Å². The van der Waals surface area contributed by atoms with Crippen LogP contribution >= 0.6 is 0 Å². The highest BCUT2D eigenvalue weighted by Gasteiger charge is 2.45. The summed E-state index contributed by atoms with van der Waals surface area (Å²) in [6.45, 7) is 9.53. The van der Waals surface area contributed by atoms with Gasteiger partial charge in [0.05, 0.1) is 22.7 Å². The molecule has 2 nitrogen and oxygen atoms in total. The zero-order valence-electron chi connectivity index (χ0n) is 27.9. The predicted octanol–water partition coefficient (Wildman–Crippen LogP) is 12.7. The van der Waals surface area contributed by atoms with Gasteiger partial charge in [0.15, 0.2) is 0 Å². The van der Waals surface area contributed by atoms with E-state index in [9.17, 15) is 0 Å². The second-order valence-corrected chi connectivity index (χ2v) is 14.3. The zero-order chi connectivity index (χ0) is 32.6. The molecule has 2 aliphatic heterocycles. The highest BCUT2D eigenvalue weighted by atomic mass is 15.2. The van der Waals surface area contributed by atoms with Crippen molar-refractivity contribution in [2.45, 2.75) is 38.5 Å². The lowest BCUT2D eigenvalue weighted by Gasteiger charge is -2.49. The van der Waals surface area contributed by atoms with Gasteiger partial charge in [-0.1, -0.05) is 143 Å². The number of benzene rings is 7. The molecular weight excluding hydrogens is 581 g/mol. The summed E-state index contributed by atoms with van der Waals surface area (Å²) in [7, 11) is 0. The number of para-hydroxylation sites is 2. The van der Waals surface area contributed by atoms with E-state index in [1.54, 1.807) is 0 Å². The number of fused-ring (bicyclic) bond motifs is 5. The van der Waals surface area contributed by atoms with Gasteiger partial charge in [0.1, 0.15) is 0 Å². The van der Waals surface area contributed by atoms with Gasteiger partial charge in [-0.15, -0.1) is 0 Å². The first-order chi connectivity index (χ1) is 23.3. The maximum Gasteiger partial charge on any atom is 0.0543 e. The minimum atomic E-state index is -0.211. The van der Waals surface area contributed by atoms with E-state index in [4.69, 9.17) is 0 Å². The predicted molar refractivity (Wildman–Crippen MR) is 203 cm³/mol. The molecule has 0 saturated carbocycles.